The molecular weight excluding hydrogens is 382 g/mol. The molecule has 3 heterocycles. The number of nitrogens with one attached hydrogen (secondary N) is 1. The van der Waals surface area contributed by atoms with E-state index in [0.717, 1.165) is 31.4 Å². The molecule has 0 bridgehead atoms. The van der Waals surface area contributed by atoms with Crippen molar-refractivity contribution in [3.05, 3.63) is 47.8 Å². The van der Waals surface area contributed by atoms with Crippen LogP contribution in [0.4, 0.5) is 5.69 Å². The SMILES string of the molecule is CCCCCc1cnc(C(=O)Nc2ccnc(C3(C)CC(=O)N(C)C(N)=N3)c2)cn1. The van der Waals surface area contributed by atoms with Gasteiger partial charge in [-0.15, -0.1) is 0 Å². The average molecular weight is 409 g/mol. The second kappa shape index (κ2) is 8.98. The Morgan fingerprint density at radius 2 is 2.07 bits per heavy atom. The van der Waals surface area contributed by atoms with Gasteiger partial charge in [-0.25, -0.2) is 9.98 Å². The molecule has 30 heavy (non-hydrogen) atoms. The molecule has 2 aromatic rings. The van der Waals surface area contributed by atoms with Crippen LogP contribution >= 0.6 is 0 Å². The molecule has 9 heteroatoms. The first-order chi connectivity index (χ1) is 14.3. The Bertz CT molecular complexity index is 958. The minimum Gasteiger partial charge on any atom is -0.369 e. The Morgan fingerprint density at radius 3 is 2.73 bits per heavy atom. The molecule has 0 saturated heterocycles. The van der Waals surface area contributed by atoms with Gasteiger partial charge < -0.3 is 11.1 Å². The van der Waals surface area contributed by atoms with E-state index in [2.05, 4.69) is 32.2 Å². The van der Waals surface area contributed by atoms with Crippen molar-refractivity contribution in [1.82, 2.24) is 19.9 Å². The maximum Gasteiger partial charge on any atom is 0.275 e. The van der Waals surface area contributed by atoms with Crippen LogP contribution in [0.25, 0.3) is 0 Å². The molecule has 1 atom stereocenters. The number of aliphatic imine (C=N–C) groups is 1. The number of anilines is 1. The van der Waals surface area contributed by atoms with Gasteiger partial charge in [-0.2, -0.15) is 0 Å². The highest BCUT2D eigenvalue weighted by Crippen LogP contribution is 2.32. The topological polar surface area (TPSA) is 126 Å². The normalized spacial score (nSPS) is 18.8. The van der Waals surface area contributed by atoms with E-state index in [9.17, 15) is 9.59 Å². The fourth-order valence-corrected chi connectivity index (χ4v) is 3.21. The smallest absolute Gasteiger partial charge is 0.275 e. The van der Waals surface area contributed by atoms with Gasteiger partial charge in [0.15, 0.2) is 5.96 Å². The second-order valence-corrected chi connectivity index (χ2v) is 7.61. The maximum absolute atomic E-state index is 12.6. The van der Waals surface area contributed by atoms with Gasteiger partial charge in [0.2, 0.25) is 5.91 Å². The van der Waals surface area contributed by atoms with E-state index in [1.807, 2.05) is 0 Å². The lowest BCUT2D eigenvalue weighted by atomic mass is 9.91. The predicted octanol–water partition coefficient (Wildman–Crippen LogP) is 2.25. The molecule has 1 aliphatic rings. The summed E-state index contributed by atoms with van der Waals surface area (Å²) >= 11 is 0. The largest absolute Gasteiger partial charge is 0.369 e. The second-order valence-electron chi connectivity index (χ2n) is 7.61. The van der Waals surface area contributed by atoms with Crippen LogP contribution in [0.3, 0.4) is 0 Å². The number of aryl methyl sites for hydroxylation is 1. The van der Waals surface area contributed by atoms with E-state index in [4.69, 9.17) is 5.73 Å². The molecule has 158 valence electrons. The maximum atomic E-state index is 12.6. The van der Waals surface area contributed by atoms with E-state index in [0.29, 0.717) is 11.4 Å². The van der Waals surface area contributed by atoms with Crippen LogP contribution in [0, 0.1) is 0 Å². The summed E-state index contributed by atoms with van der Waals surface area (Å²) in [6.07, 6.45) is 9.03. The fraction of sp³-hybridized carbons (Fsp3) is 0.429. The predicted molar refractivity (Wildman–Crippen MR) is 114 cm³/mol. The monoisotopic (exact) mass is 409 g/mol. The highest BCUT2D eigenvalue weighted by Gasteiger charge is 2.37. The van der Waals surface area contributed by atoms with Crippen molar-refractivity contribution in [2.75, 3.05) is 12.4 Å². The first kappa shape index (κ1) is 21.4. The zero-order valence-electron chi connectivity index (χ0n) is 17.6. The summed E-state index contributed by atoms with van der Waals surface area (Å²) in [7, 11) is 1.58. The molecule has 1 aliphatic heterocycles. The van der Waals surface area contributed by atoms with Crippen LogP contribution in [0.1, 0.15) is 61.4 Å². The van der Waals surface area contributed by atoms with E-state index >= 15 is 0 Å². The summed E-state index contributed by atoms with van der Waals surface area (Å²) in [4.78, 5) is 43.4. The lowest BCUT2D eigenvalue weighted by Crippen LogP contribution is -2.47. The first-order valence-corrected chi connectivity index (χ1v) is 10.0. The van der Waals surface area contributed by atoms with E-state index < -0.39 is 5.54 Å². The zero-order valence-corrected chi connectivity index (χ0v) is 17.6. The third-order valence-corrected chi connectivity index (χ3v) is 5.12. The number of nitrogens with zero attached hydrogens (tertiary/aromatic N) is 5. The van der Waals surface area contributed by atoms with Gasteiger partial charge in [-0.05, 0) is 31.9 Å². The molecule has 0 spiro atoms. The molecule has 0 aliphatic carbocycles. The van der Waals surface area contributed by atoms with Crippen molar-refractivity contribution in [3.8, 4) is 0 Å². The highest BCUT2D eigenvalue weighted by atomic mass is 16.2. The fourth-order valence-electron chi connectivity index (χ4n) is 3.21. The van der Waals surface area contributed by atoms with Crippen LogP contribution in [-0.4, -0.2) is 44.7 Å². The molecule has 0 aromatic carbocycles. The number of pyridine rings is 1. The number of rotatable bonds is 7. The van der Waals surface area contributed by atoms with Crippen molar-refractivity contribution in [3.63, 3.8) is 0 Å². The average Bonchev–Trinajstić information content (AvgIpc) is 2.73. The number of carbonyl (C=O) groups is 2. The number of aromatic nitrogens is 3. The first-order valence-electron chi connectivity index (χ1n) is 10.0. The van der Waals surface area contributed by atoms with Crippen LogP contribution in [0.2, 0.25) is 0 Å². The van der Waals surface area contributed by atoms with Crippen molar-refractivity contribution in [2.45, 2.75) is 51.5 Å². The minimum absolute atomic E-state index is 0.138. The van der Waals surface area contributed by atoms with Gasteiger partial charge in [0.25, 0.3) is 5.91 Å². The molecule has 0 fully saturated rings. The van der Waals surface area contributed by atoms with Crippen molar-refractivity contribution in [1.29, 1.82) is 0 Å². The Kier molecular flexibility index (Phi) is 6.39. The number of hydrogen-bond donors (Lipinski definition) is 2. The molecule has 9 nitrogen and oxygen atoms in total. The highest BCUT2D eigenvalue weighted by molar-refractivity contribution is 6.02. The van der Waals surface area contributed by atoms with Gasteiger partial charge in [0.1, 0.15) is 11.2 Å². The van der Waals surface area contributed by atoms with Gasteiger partial charge in [0, 0.05) is 25.1 Å². The molecule has 3 N–H and O–H groups in total. The van der Waals surface area contributed by atoms with Gasteiger partial charge in [0.05, 0.1) is 24.0 Å². The van der Waals surface area contributed by atoms with Gasteiger partial charge in [-0.1, -0.05) is 19.8 Å². The number of carbonyl (C=O) groups excluding carboxylic acids is 2. The lowest BCUT2D eigenvalue weighted by molar-refractivity contribution is -0.128. The molecule has 2 aromatic heterocycles. The van der Waals surface area contributed by atoms with Crippen LogP contribution in [0.15, 0.2) is 35.7 Å². The Morgan fingerprint density at radius 1 is 1.27 bits per heavy atom. The molecule has 0 radical (unpaired) electrons. The molecule has 1 unspecified atom stereocenters. The van der Waals surface area contributed by atoms with Gasteiger partial charge >= 0.3 is 0 Å². The van der Waals surface area contributed by atoms with Gasteiger partial charge in [-0.3, -0.25) is 24.5 Å². The summed E-state index contributed by atoms with van der Waals surface area (Å²) in [6, 6.07) is 3.36. The van der Waals surface area contributed by atoms with Crippen LogP contribution < -0.4 is 11.1 Å². The third kappa shape index (κ3) is 4.79. The van der Waals surface area contributed by atoms with E-state index in [1.54, 1.807) is 38.5 Å². The van der Waals surface area contributed by atoms with E-state index in [1.165, 1.54) is 11.1 Å². The van der Waals surface area contributed by atoms with Crippen molar-refractivity contribution in [2.24, 2.45) is 10.7 Å². The quantitative estimate of drug-likeness (QED) is 0.675. The summed E-state index contributed by atoms with van der Waals surface area (Å²) in [5.74, 6) is -0.373. The van der Waals surface area contributed by atoms with Crippen LogP contribution in [0.5, 0.6) is 0 Å². The molecule has 2 amide bonds. The number of unbranched alkanes of at least 4 members (excludes halogenated alkanes) is 2. The molecule has 3 rings (SSSR count). The summed E-state index contributed by atoms with van der Waals surface area (Å²) in [6.45, 7) is 3.94. The summed E-state index contributed by atoms with van der Waals surface area (Å²) < 4.78 is 0. The number of guanidine groups is 1. The van der Waals surface area contributed by atoms with Crippen molar-refractivity contribution < 1.29 is 9.59 Å². The summed E-state index contributed by atoms with van der Waals surface area (Å²) in [5, 5.41) is 2.80. The third-order valence-electron chi connectivity index (χ3n) is 5.12. The minimum atomic E-state index is -0.894. The van der Waals surface area contributed by atoms with E-state index in [-0.39, 0.29) is 29.9 Å². The number of amides is 2. The van der Waals surface area contributed by atoms with Crippen molar-refractivity contribution >= 4 is 23.5 Å². The lowest BCUT2D eigenvalue weighted by Gasteiger charge is -2.32. The Labute approximate surface area is 175 Å². The number of hydrogen-bond acceptors (Lipinski definition) is 7. The molecule has 0 saturated carbocycles. The molecular formula is C21H27N7O2. The Hall–Kier alpha value is -3.36. The standard InChI is InChI=1S/C21H27N7O2/c1-4-5-6-7-15-12-25-16(13-24-15)19(30)26-14-8-9-23-17(10-14)21(2)11-18(29)28(3)20(22)27-21/h8-10,12-13H,4-7,11H2,1-3H3,(H2,22,27)(H,23,26,30). The van der Waals surface area contributed by atoms with Crippen LogP contribution in [-0.2, 0) is 16.8 Å². The Balaban J connectivity index is 1.72. The zero-order chi connectivity index (χ0) is 21.7. The number of nitrogens with two attached hydrogens (primary N) is 1. The summed E-state index contributed by atoms with van der Waals surface area (Å²) in [5.41, 5.74) is 7.15.